The molecule has 0 bridgehead atoms. The van der Waals surface area contributed by atoms with Gasteiger partial charge in [-0.15, -0.1) is 0 Å². The van der Waals surface area contributed by atoms with Gasteiger partial charge in [0.25, 0.3) is 0 Å². The predicted molar refractivity (Wildman–Crippen MR) is 53.9 cm³/mol. The Morgan fingerprint density at radius 1 is 1.36 bits per heavy atom. The molecule has 0 aromatic carbocycles. The highest BCUT2D eigenvalue weighted by Crippen LogP contribution is 2.46. The third-order valence-corrected chi connectivity index (χ3v) is 3.21. The maximum atomic E-state index is 11.5. The molecule has 1 aliphatic carbocycles. The molecule has 3 nitrogen and oxygen atoms in total. The fourth-order valence-corrected chi connectivity index (χ4v) is 2.08. The van der Waals surface area contributed by atoms with Crippen molar-refractivity contribution in [3.05, 3.63) is 0 Å². The summed E-state index contributed by atoms with van der Waals surface area (Å²) in [6.45, 7) is 7.91. The molecule has 2 fully saturated rings. The molecular formula is C11H19NO2. The number of rotatable bonds is 1. The smallest absolute Gasteiger partial charge is 0.311 e. The Labute approximate surface area is 85.2 Å². The fraction of sp³-hybridized carbons (Fsp3) is 0.909. The van der Waals surface area contributed by atoms with Crippen LogP contribution in [0.2, 0.25) is 0 Å². The molecule has 1 heterocycles. The first-order valence-corrected chi connectivity index (χ1v) is 5.33. The Bertz CT molecular complexity index is 243. The van der Waals surface area contributed by atoms with E-state index in [-0.39, 0.29) is 17.5 Å². The molecule has 2 aliphatic rings. The first kappa shape index (κ1) is 9.97. The highest BCUT2D eigenvalue weighted by atomic mass is 16.5. The highest BCUT2D eigenvalue weighted by molar-refractivity contribution is 5.75. The SMILES string of the molecule is CC(C)(C)C(=O)OC1CC2(CNC2)C1. The van der Waals surface area contributed by atoms with E-state index in [0.29, 0.717) is 5.41 Å². The van der Waals surface area contributed by atoms with Crippen LogP contribution in [0.1, 0.15) is 33.6 Å². The summed E-state index contributed by atoms with van der Waals surface area (Å²) in [6.07, 6.45) is 2.30. The van der Waals surface area contributed by atoms with E-state index in [2.05, 4.69) is 5.32 Å². The van der Waals surface area contributed by atoms with Crippen molar-refractivity contribution in [2.24, 2.45) is 10.8 Å². The molecule has 1 saturated carbocycles. The van der Waals surface area contributed by atoms with Crippen molar-refractivity contribution in [3.63, 3.8) is 0 Å². The molecule has 0 amide bonds. The Hall–Kier alpha value is -0.570. The zero-order valence-corrected chi connectivity index (χ0v) is 9.22. The van der Waals surface area contributed by atoms with Gasteiger partial charge in [-0.2, -0.15) is 0 Å². The van der Waals surface area contributed by atoms with Crippen LogP contribution in [0.3, 0.4) is 0 Å². The van der Waals surface area contributed by atoms with E-state index >= 15 is 0 Å². The Balaban J connectivity index is 1.76. The summed E-state index contributed by atoms with van der Waals surface area (Å²) in [5.74, 6) is -0.0652. The molecule has 0 aromatic heterocycles. The van der Waals surface area contributed by atoms with Crippen LogP contribution < -0.4 is 5.32 Å². The van der Waals surface area contributed by atoms with Gasteiger partial charge in [0.2, 0.25) is 0 Å². The van der Waals surface area contributed by atoms with Gasteiger partial charge in [0, 0.05) is 18.5 Å². The van der Waals surface area contributed by atoms with Crippen LogP contribution >= 0.6 is 0 Å². The highest BCUT2D eigenvalue weighted by Gasteiger charge is 2.50. The molecule has 3 heteroatoms. The van der Waals surface area contributed by atoms with Crippen molar-refractivity contribution in [1.29, 1.82) is 0 Å². The lowest BCUT2D eigenvalue weighted by Gasteiger charge is -2.53. The molecule has 1 aliphatic heterocycles. The maximum absolute atomic E-state index is 11.5. The normalized spacial score (nSPS) is 25.4. The molecule has 0 atom stereocenters. The van der Waals surface area contributed by atoms with Gasteiger partial charge in [-0.05, 0) is 33.6 Å². The van der Waals surface area contributed by atoms with Crippen molar-refractivity contribution >= 4 is 5.97 Å². The number of ether oxygens (including phenoxy) is 1. The summed E-state index contributed by atoms with van der Waals surface area (Å²) >= 11 is 0. The van der Waals surface area contributed by atoms with Crippen LogP contribution in [0.25, 0.3) is 0 Å². The molecule has 0 unspecified atom stereocenters. The number of carbonyl (C=O) groups is 1. The third-order valence-electron chi connectivity index (χ3n) is 3.21. The zero-order valence-electron chi connectivity index (χ0n) is 9.22. The van der Waals surface area contributed by atoms with Crippen molar-refractivity contribution in [1.82, 2.24) is 5.32 Å². The average molecular weight is 197 g/mol. The van der Waals surface area contributed by atoms with E-state index in [4.69, 9.17) is 4.74 Å². The molecule has 1 N–H and O–H groups in total. The van der Waals surface area contributed by atoms with Crippen molar-refractivity contribution < 1.29 is 9.53 Å². The van der Waals surface area contributed by atoms with Crippen molar-refractivity contribution in [2.75, 3.05) is 13.1 Å². The molecule has 14 heavy (non-hydrogen) atoms. The number of hydrogen-bond donors (Lipinski definition) is 1. The van der Waals surface area contributed by atoms with E-state index in [1.54, 1.807) is 0 Å². The van der Waals surface area contributed by atoms with Crippen LogP contribution in [0.5, 0.6) is 0 Å². The van der Waals surface area contributed by atoms with Gasteiger partial charge in [0.05, 0.1) is 5.41 Å². The molecule has 0 radical (unpaired) electrons. The van der Waals surface area contributed by atoms with Gasteiger partial charge >= 0.3 is 5.97 Å². The minimum Gasteiger partial charge on any atom is -0.462 e. The van der Waals surface area contributed by atoms with Crippen LogP contribution in [0.15, 0.2) is 0 Å². The lowest BCUT2D eigenvalue weighted by Crippen LogP contribution is -2.62. The minimum atomic E-state index is -0.360. The second-order valence-corrected chi connectivity index (χ2v) is 5.79. The van der Waals surface area contributed by atoms with E-state index in [0.717, 1.165) is 25.9 Å². The summed E-state index contributed by atoms with van der Waals surface area (Å²) in [5.41, 5.74) is 0.128. The van der Waals surface area contributed by atoms with Gasteiger partial charge < -0.3 is 10.1 Å². The number of carbonyl (C=O) groups excluding carboxylic acids is 1. The van der Waals surface area contributed by atoms with Crippen LogP contribution in [0, 0.1) is 10.8 Å². The van der Waals surface area contributed by atoms with Gasteiger partial charge in [-0.3, -0.25) is 4.79 Å². The standard InChI is InChI=1S/C11H19NO2/c1-10(2,3)9(13)14-8-4-11(5-8)6-12-7-11/h8,12H,4-7H2,1-3H3. The molecule has 0 aromatic rings. The largest absolute Gasteiger partial charge is 0.462 e. The molecule has 1 saturated heterocycles. The number of esters is 1. The Kier molecular flexibility index (Phi) is 2.11. The first-order valence-electron chi connectivity index (χ1n) is 5.33. The summed E-state index contributed by atoms with van der Waals surface area (Å²) in [6, 6.07) is 0. The summed E-state index contributed by atoms with van der Waals surface area (Å²) in [4.78, 5) is 11.5. The van der Waals surface area contributed by atoms with Crippen LogP contribution in [0.4, 0.5) is 0 Å². The Morgan fingerprint density at radius 2 is 1.93 bits per heavy atom. The molecular weight excluding hydrogens is 178 g/mol. The van der Waals surface area contributed by atoms with Crippen LogP contribution in [-0.2, 0) is 9.53 Å². The number of hydrogen-bond acceptors (Lipinski definition) is 3. The summed E-state index contributed by atoms with van der Waals surface area (Å²) < 4.78 is 5.42. The third kappa shape index (κ3) is 1.65. The van der Waals surface area contributed by atoms with Crippen LogP contribution in [-0.4, -0.2) is 25.2 Å². The second kappa shape index (κ2) is 2.96. The second-order valence-electron chi connectivity index (χ2n) is 5.79. The van der Waals surface area contributed by atoms with E-state index < -0.39 is 0 Å². The van der Waals surface area contributed by atoms with Gasteiger partial charge in [-0.1, -0.05) is 0 Å². The monoisotopic (exact) mass is 197 g/mol. The lowest BCUT2D eigenvalue weighted by molar-refractivity contribution is -0.174. The van der Waals surface area contributed by atoms with Gasteiger partial charge in [0.1, 0.15) is 6.10 Å². The van der Waals surface area contributed by atoms with E-state index in [1.165, 1.54) is 0 Å². The zero-order chi connectivity index (χ0) is 10.4. The molecule has 1 spiro atoms. The van der Waals surface area contributed by atoms with E-state index in [9.17, 15) is 4.79 Å². The lowest BCUT2D eigenvalue weighted by atomic mass is 9.63. The van der Waals surface area contributed by atoms with E-state index in [1.807, 2.05) is 20.8 Å². The Morgan fingerprint density at radius 3 is 2.29 bits per heavy atom. The summed E-state index contributed by atoms with van der Waals surface area (Å²) in [7, 11) is 0. The first-order chi connectivity index (χ1) is 6.41. The van der Waals surface area contributed by atoms with Crippen molar-refractivity contribution in [2.45, 2.75) is 39.7 Å². The molecule has 2 rings (SSSR count). The molecule has 80 valence electrons. The van der Waals surface area contributed by atoms with Crippen molar-refractivity contribution in [3.8, 4) is 0 Å². The quantitative estimate of drug-likeness (QED) is 0.644. The van der Waals surface area contributed by atoms with Gasteiger partial charge in [0.15, 0.2) is 0 Å². The fourth-order valence-electron chi connectivity index (χ4n) is 2.08. The topological polar surface area (TPSA) is 38.3 Å². The summed E-state index contributed by atoms with van der Waals surface area (Å²) in [5, 5.41) is 3.27. The average Bonchev–Trinajstić information content (AvgIpc) is 1.88. The minimum absolute atomic E-state index is 0.0652. The van der Waals surface area contributed by atoms with Gasteiger partial charge in [-0.25, -0.2) is 0 Å². The maximum Gasteiger partial charge on any atom is 0.311 e. The predicted octanol–water partition coefficient (Wildman–Crippen LogP) is 1.33. The number of nitrogens with one attached hydrogen (secondary N) is 1.